The molecule has 8 nitrogen and oxygen atoms in total. The minimum absolute atomic E-state index is 0.148. The van der Waals surface area contributed by atoms with Gasteiger partial charge in [0, 0.05) is 6.54 Å². The van der Waals surface area contributed by atoms with E-state index in [0.717, 1.165) is 12.8 Å². The Balaban J connectivity index is 1.73. The van der Waals surface area contributed by atoms with Gasteiger partial charge in [-0.25, -0.2) is 0 Å². The topological polar surface area (TPSA) is 96.4 Å². The maximum Gasteiger partial charge on any atom is 0.312 e. The maximum atomic E-state index is 14.5. The van der Waals surface area contributed by atoms with Gasteiger partial charge in [0.1, 0.15) is 11.6 Å². The highest BCUT2D eigenvalue weighted by molar-refractivity contribution is 6.34. The van der Waals surface area contributed by atoms with Crippen LogP contribution in [0.3, 0.4) is 0 Å². The predicted molar refractivity (Wildman–Crippen MR) is 149 cm³/mol. The zero-order chi connectivity index (χ0) is 28.3. The largest absolute Gasteiger partial charge is 0.465 e. The molecule has 3 saturated heterocycles. The molecule has 2 amide bonds. The second kappa shape index (κ2) is 12.2. The van der Waals surface area contributed by atoms with Gasteiger partial charge in [0.05, 0.1) is 47.9 Å². The summed E-state index contributed by atoms with van der Waals surface area (Å²) in [5, 5.41) is 10.8. The van der Waals surface area contributed by atoms with Crippen molar-refractivity contribution >= 4 is 35.1 Å². The molecule has 0 radical (unpaired) electrons. The van der Waals surface area contributed by atoms with Gasteiger partial charge in [-0.3, -0.25) is 14.4 Å². The SMILES string of the molecule is C=CCCCCOC(=O)[C@@H]1[C@@H]2CCC3(O2)C(C(=O)N(CC=C)c2ccccc2Cl)N([C@@H](CO)C(C)C)C(=O)[C@H]13. The van der Waals surface area contributed by atoms with Gasteiger partial charge in [-0.15, -0.1) is 13.2 Å². The minimum atomic E-state index is -1.20. The van der Waals surface area contributed by atoms with Crippen molar-refractivity contribution in [1.29, 1.82) is 0 Å². The number of halogens is 1. The molecule has 212 valence electrons. The fraction of sp³-hybridized carbons (Fsp3) is 0.567. The molecule has 1 N–H and O–H groups in total. The van der Waals surface area contributed by atoms with Gasteiger partial charge < -0.3 is 24.4 Å². The van der Waals surface area contributed by atoms with Crippen molar-refractivity contribution in [1.82, 2.24) is 4.90 Å². The molecule has 39 heavy (non-hydrogen) atoms. The summed E-state index contributed by atoms with van der Waals surface area (Å²) in [5.74, 6) is -3.01. The van der Waals surface area contributed by atoms with Crippen molar-refractivity contribution in [3.05, 3.63) is 54.6 Å². The number of aliphatic hydroxyl groups is 1. The predicted octanol–water partition coefficient (Wildman–Crippen LogP) is 4.15. The van der Waals surface area contributed by atoms with Crippen molar-refractivity contribution in [2.75, 3.05) is 24.7 Å². The van der Waals surface area contributed by atoms with Gasteiger partial charge in [-0.1, -0.05) is 49.7 Å². The van der Waals surface area contributed by atoms with Crippen LogP contribution >= 0.6 is 11.6 Å². The number of allylic oxidation sites excluding steroid dienone is 1. The Hall–Kier alpha value is -2.68. The Labute approximate surface area is 235 Å². The monoisotopic (exact) mass is 558 g/mol. The standard InChI is InChI=1S/C30H39ClN2O6/c1-5-7-8-11-17-38-29(37)24-23-14-15-30(39-23)25(24)27(35)33(22(18-34)19(3)4)26(30)28(36)32(16-6-2)21-13-10-9-12-20(21)31/h5-6,9-10,12-13,19,22-26,34H,1-2,7-8,11,14-18H2,3-4H3/t22-,23-,24+,25-,26?,30?/m0/s1. The van der Waals surface area contributed by atoms with Crippen LogP contribution in [0, 0.1) is 17.8 Å². The Bertz CT molecular complexity index is 1110. The molecule has 6 atom stereocenters. The second-order valence-electron chi connectivity index (χ2n) is 10.9. The third-order valence-corrected chi connectivity index (χ3v) is 8.65. The fourth-order valence-electron chi connectivity index (χ4n) is 6.53. The molecule has 3 heterocycles. The number of fused-ring (bicyclic) bond motifs is 1. The van der Waals surface area contributed by atoms with Crippen LogP contribution in [-0.2, 0) is 23.9 Å². The average Bonchev–Trinajstić information content (AvgIpc) is 3.55. The number of ether oxygens (including phenoxy) is 2. The smallest absolute Gasteiger partial charge is 0.312 e. The number of para-hydroxylation sites is 1. The molecule has 0 aliphatic carbocycles. The zero-order valence-electron chi connectivity index (χ0n) is 22.8. The number of carbonyl (C=O) groups is 3. The second-order valence-corrected chi connectivity index (χ2v) is 11.3. The lowest BCUT2D eigenvalue weighted by molar-refractivity contribution is -0.156. The van der Waals surface area contributed by atoms with Gasteiger partial charge in [0.2, 0.25) is 5.91 Å². The highest BCUT2D eigenvalue weighted by Crippen LogP contribution is 2.59. The first kappa shape index (κ1) is 29.3. The highest BCUT2D eigenvalue weighted by Gasteiger charge is 2.75. The van der Waals surface area contributed by atoms with E-state index in [-0.39, 0.29) is 37.5 Å². The Morgan fingerprint density at radius 1 is 1.28 bits per heavy atom. The number of likely N-dealkylation sites (tertiary alicyclic amines) is 1. The van der Waals surface area contributed by atoms with E-state index in [2.05, 4.69) is 13.2 Å². The molecule has 3 aliphatic heterocycles. The molecule has 1 aromatic rings. The molecule has 1 aromatic carbocycles. The molecule has 3 fully saturated rings. The summed E-state index contributed by atoms with van der Waals surface area (Å²) in [5.41, 5.74) is -0.710. The number of anilines is 1. The van der Waals surface area contributed by atoms with E-state index in [0.29, 0.717) is 30.0 Å². The number of amides is 2. The first-order chi connectivity index (χ1) is 18.7. The Kier molecular flexibility index (Phi) is 9.19. The lowest BCUT2D eigenvalue weighted by Gasteiger charge is -2.40. The fourth-order valence-corrected chi connectivity index (χ4v) is 6.77. The van der Waals surface area contributed by atoms with Crippen molar-refractivity contribution in [2.24, 2.45) is 17.8 Å². The Morgan fingerprint density at radius 2 is 2.03 bits per heavy atom. The van der Waals surface area contributed by atoms with Crippen LogP contribution in [0.25, 0.3) is 0 Å². The first-order valence-electron chi connectivity index (χ1n) is 13.8. The van der Waals surface area contributed by atoms with Gasteiger partial charge >= 0.3 is 5.97 Å². The van der Waals surface area contributed by atoms with E-state index < -0.39 is 41.6 Å². The number of hydrogen-bond donors (Lipinski definition) is 1. The maximum absolute atomic E-state index is 14.5. The average molecular weight is 559 g/mol. The summed E-state index contributed by atoms with van der Waals surface area (Å²) in [6, 6.07) is 5.32. The number of rotatable bonds is 13. The molecule has 3 aliphatic rings. The number of hydrogen-bond acceptors (Lipinski definition) is 6. The summed E-state index contributed by atoms with van der Waals surface area (Å²) in [4.78, 5) is 45.0. The van der Waals surface area contributed by atoms with E-state index in [4.69, 9.17) is 21.1 Å². The summed E-state index contributed by atoms with van der Waals surface area (Å²) >= 11 is 6.50. The third-order valence-electron chi connectivity index (χ3n) is 8.33. The van der Waals surface area contributed by atoms with E-state index >= 15 is 0 Å². The van der Waals surface area contributed by atoms with Crippen LogP contribution < -0.4 is 4.90 Å². The number of carbonyl (C=O) groups excluding carboxylic acids is 3. The van der Waals surface area contributed by atoms with Gasteiger partial charge in [0.15, 0.2) is 0 Å². The summed E-state index contributed by atoms with van der Waals surface area (Å²) < 4.78 is 12.1. The van der Waals surface area contributed by atoms with Crippen molar-refractivity contribution in [2.45, 2.75) is 69.7 Å². The van der Waals surface area contributed by atoms with Crippen LogP contribution in [0.1, 0.15) is 46.0 Å². The van der Waals surface area contributed by atoms with E-state index in [1.807, 2.05) is 19.9 Å². The molecular weight excluding hydrogens is 520 g/mol. The van der Waals surface area contributed by atoms with Crippen molar-refractivity contribution in [3.63, 3.8) is 0 Å². The molecule has 4 rings (SSSR count). The van der Waals surface area contributed by atoms with Crippen LogP contribution in [0.5, 0.6) is 0 Å². The van der Waals surface area contributed by atoms with Crippen molar-refractivity contribution in [3.8, 4) is 0 Å². The molecule has 0 aromatic heterocycles. The minimum Gasteiger partial charge on any atom is -0.465 e. The van der Waals surface area contributed by atoms with E-state index in [9.17, 15) is 19.5 Å². The quantitative estimate of drug-likeness (QED) is 0.222. The van der Waals surface area contributed by atoms with Gasteiger partial charge in [-0.2, -0.15) is 0 Å². The molecule has 2 bridgehead atoms. The van der Waals surface area contributed by atoms with Crippen molar-refractivity contribution < 1.29 is 29.0 Å². The molecular formula is C30H39ClN2O6. The number of aliphatic hydroxyl groups excluding tert-OH is 1. The summed E-state index contributed by atoms with van der Waals surface area (Å²) in [7, 11) is 0. The lowest BCUT2D eigenvalue weighted by Crippen LogP contribution is -2.59. The first-order valence-corrected chi connectivity index (χ1v) is 14.2. The zero-order valence-corrected chi connectivity index (χ0v) is 23.5. The van der Waals surface area contributed by atoms with Gasteiger partial charge in [-0.05, 0) is 50.2 Å². The summed E-state index contributed by atoms with van der Waals surface area (Å²) in [6.07, 6.45) is 6.29. The third kappa shape index (κ3) is 5.14. The van der Waals surface area contributed by atoms with Crippen LogP contribution in [0.15, 0.2) is 49.6 Å². The van der Waals surface area contributed by atoms with Crippen LogP contribution in [-0.4, -0.2) is 71.3 Å². The van der Waals surface area contributed by atoms with Gasteiger partial charge in [0.25, 0.3) is 5.91 Å². The van der Waals surface area contributed by atoms with Crippen LogP contribution in [0.4, 0.5) is 5.69 Å². The van der Waals surface area contributed by atoms with E-state index in [1.54, 1.807) is 30.3 Å². The Morgan fingerprint density at radius 3 is 2.67 bits per heavy atom. The molecule has 0 saturated carbocycles. The summed E-state index contributed by atoms with van der Waals surface area (Å²) in [6.45, 7) is 11.4. The number of esters is 1. The molecule has 2 unspecified atom stereocenters. The van der Waals surface area contributed by atoms with E-state index in [1.165, 1.54) is 9.80 Å². The normalized spacial score (nSPS) is 27.9. The molecule has 1 spiro atoms. The molecule has 9 heteroatoms. The number of nitrogens with zero attached hydrogens (tertiary/aromatic N) is 2. The number of unbranched alkanes of at least 4 members (excludes halogenated alkanes) is 2. The van der Waals surface area contributed by atoms with Crippen LogP contribution in [0.2, 0.25) is 5.02 Å². The lowest BCUT2D eigenvalue weighted by atomic mass is 9.70. The number of benzene rings is 1. The highest BCUT2D eigenvalue weighted by atomic mass is 35.5.